The minimum absolute atomic E-state index is 0.0181. The number of carbonyl (C=O) groups is 2. The molecule has 492 valence electrons. The summed E-state index contributed by atoms with van der Waals surface area (Å²) in [7, 11) is 0. The number of esters is 1. The second-order valence-electron chi connectivity index (χ2n) is 26.3. The first kappa shape index (κ1) is 81.3. The SMILES string of the molecule is CCCCCCCCCCCCCCCCCCCCCCCC/C=C/C(O)C(CO)NC(=O)CCCCCCCCCCC/C=C\CCCCCCCCCCCCCCOC(=O)CCCCCCCCCCCCCCCCCCC. The third-order valence-electron chi connectivity index (χ3n) is 18.0. The van der Waals surface area contributed by atoms with Gasteiger partial charge in [0.15, 0.2) is 0 Å². The molecule has 0 aliphatic rings. The smallest absolute Gasteiger partial charge is 0.305 e. The summed E-state index contributed by atoms with van der Waals surface area (Å²) in [5, 5.41) is 23.3. The van der Waals surface area contributed by atoms with Crippen LogP contribution < -0.4 is 5.32 Å². The Kier molecular flexibility index (Phi) is 71.4. The Balaban J connectivity index is 3.41. The van der Waals surface area contributed by atoms with Crippen molar-refractivity contribution in [3.05, 3.63) is 24.3 Å². The number of hydrogen-bond donors (Lipinski definition) is 3. The highest BCUT2D eigenvalue weighted by Gasteiger charge is 2.18. The predicted octanol–water partition coefficient (Wildman–Crippen LogP) is 24.9. The summed E-state index contributed by atoms with van der Waals surface area (Å²) in [6, 6.07) is -0.632. The van der Waals surface area contributed by atoms with Crippen molar-refractivity contribution in [1.29, 1.82) is 0 Å². The average molecular weight is 1170 g/mol. The fourth-order valence-electron chi connectivity index (χ4n) is 12.2. The molecule has 0 aliphatic heterocycles. The van der Waals surface area contributed by atoms with Crippen LogP contribution in [-0.4, -0.2) is 47.4 Å². The fourth-order valence-corrected chi connectivity index (χ4v) is 12.2. The second-order valence-corrected chi connectivity index (χ2v) is 26.3. The molecule has 0 aromatic rings. The van der Waals surface area contributed by atoms with E-state index in [2.05, 4.69) is 31.3 Å². The molecule has 3 N–H and O–H groups in total. The van der Waals surface area contributed by atoms with Crippen LogP contribution in [0.2, 0.25) is 0 Å². The van der Waals surface area contributed by atoms with Crippen molar-refractivity contribution in [3.63, 3.8) is 0 Å². The highest BCUT2D eigenvalue weighted by atomic mass is 16.5. The Bertz CT molecular complexity index is 1300. The van der Waals surface area contributed by atoms with Gasteiger partial charge in [0.25, 0.3) is 0 Å². The summed E-state index contributed by atoms with van der Waals surface area (Å²) >= 11 is 0. The van der Waals surface area contributed by atoms with Crippen LogP contribution in [0.25, 0.3) is 0 Å². The maximum absolute atomic E-state index is 12.5. The molecule has 2 atom stereocenters. The van der Waals surface area contributed by atoms with Gasteiger partial charge in [0, 0.05) is 12.8 Å². The zero-order valence-corrected chi connectivity index (χ0v) is 56.5. The van der Waals surface area contributed by atoms with Crippen LogP contribution in [0.4, 0.5) is 0 Å². The molecule has 0 aliphatic carbocycles. The highest BCUT2D eigenvalue weighted by molar-refractivity contribution is 5.76. The van der Waals surface area contributed by atoms with E-state index in [-0.39, 0.29) is 18.5 Å². The number of aliphatic hydroxyl groups is 2. The molecule has 1 amide bonds. The van der Waals surface area contributed by atoms with Gasteiger partial charge in [-0.2, -0.15) is 0 Å². The fraction of sp³-hybridized carbons (Fsp3) is 0.922. The van der Waals surface area contributed by atoms with Gasteiger partial charge in [0.05, 0.1) is 25.4 Å². The van der Waals surface area contributed by atoms with Crippen molar-refractivity contribution in [2.45, 2.75) is 443 Å². The number of amides is 1. The lowest BCUT2D eigenvalue weighted by molar-refractivity contribution is -0.143. The van der Waals surface area contributed by atoms with Crippen molar-refractivity contribution in [1.82, 2.24) is 5.32 Å². The van der Waals surface area contributed by atoms with Crippen molar-refractivity contribution in [2.75, 3.05) is 13.2 Å². The van der Waals surface area contributed by atoms with Gasteiger partial charge in [-0.3, -0.25) is 9.59 Å². The van der Waals surface area contributed by atoms with E-state index in [0.29, 0.717) is 19.4 Å². The van der Waals surface area contributed by atoms with Crippen LogP contribution in [0.15, 0.2) is 24.3 Å². The van der Waals surface area contributed by atoms with Gasteiger partial charge in [-0.1, -0.05) is 385 Å². The van der Waals surface area contributed by atoms with Gasteiger partial charge in [-0.05, 0) is 57.8 Å². The third-order valence-corrected chi connectivity index (χ3v) is 18.0. The zero-order chi connectivity index (χ0) is 59.9. The molecular formula is C77H149NO5. The molecule has 83 heavy (non-hydrogen) atoms. The lowest BCUT2D eigenvalue weighted by Gasteiger charge is -2.20. The third kappa shape index (κ3) is 69.3. The summed E-state index contributed by atoms with van der Waals surface area (Å²) < 4.78 is 5.51. The largest absolute Gasteiger partial charge is 0.466 e. The minimum Gasteiger partial charge on any atom is -0.466 e. The van der Waals surface area contributed by atoms with E-state index < -0.39 is 12.1 Å². The summed E-state index contributed by atoms with van der Waals surface area (Å²) in [6.45, 7) is 4.96. The average Bonchev–Trinajstić information content (AvgIpc) is 3.49. The number of allylic oxidation sites excluding steroid dienone is 3. The number of rotatable bonds is 72. The first-order valence-electron chi connectivity index (χ1n) is 38.1. The van der Waals surface area contributed by atoms with Crippen LogP contribution in [0.1, 0.15) is 431 Å². The van der Waals surface area contributed by atoms with Crippen LogP contribution in [0.3, 0.4) is 0 Å². The van der Waals surface area contributed by atoms with Crippen LogP contribution in [0, 0.1) is 0 Å². The second kappa shape index (κ2) is 72.8. The first-order chi connectivity index (χ1) is 41.0. The molecule has 0 rings (SSSR count). The predicted molar refractivity (Wildman–Crippen MR) is 366 cm³/mol. The normalized spacial score (nSPS) is 12.6. The Morgan fingerprint density at radius 1 is 0.325 bits per heavy atom. The van der Waals surface area contributed by atoms with Crippen LogP contribution in [-0.2, 0) is 14.3 Å². The summed E-state index contributed by atoms with van der Waals surface area (Å²) in [6.07, 6.45) is 92.8. The molecule has 0 aromatic carbocycles. The zero-order valence-electron chi connectivity index (χ0n) is 56.5. The Morgan fingerprint density at radius 2 is 0.566 bits per heavy atom. The van der Waals surface area contributed by atoms with Gasteiger partial charge in [0.2, 0.25) is 5.91 Å². The standard InChI is InChI=1S/C77H149NO5/c1-3-5-7-9-11-13-15-17-19-21-22-23-24-28-31-34-38-41-45-49-53-57-61-65-69-75(80)74(73-79)78-76(81)70-66-62-58-54-50-46-42-39-35-32-29-26-25-27-30-33-36-40-44-48-52-56-60-64-68-72-83-77(82)71-67-63-59-55-51-47-43-37-20-18-16-14-12-10-8-6-4-2/h26,29,65,69,74-75,79-80H,3-25,27-28,30-64,66-68,70-73H2,1-2H3,(H,78,81)/b29-26-,69-65+. The van der Waals surface area contributed by atoms with E-state index >= 15 is 0 Å². The van der Waals surface area contributed by atoms with Crippen molar-refractivity contribution >= 4 is 11.9 Å². The molecule has 0 radical (unpaired) electrons. The van der Waals surface area contributed by atoms with Crippen molar-refractivity contribution in [2.24, 2.45) is 0 Å². The van der Waals surface area contributed by atoms with Gasteiger partial charge in [-0.25, -0.2) is 0 Å². The summed E-state index contributed by atoms with van der Waals surface area (Å²) in [4.78, 5) is 24.7. The monoisotopic (exact) mass is 1170 g/mol. The number of nitrogens with one attached hydrogen (secondary N) is 1. The number of carbonyl (C=O) groups excluding carboxylic acids is 2. The first-order valence-corrected chi connectivity index (χ1v) is 38.1. The van der Waals surface area contributed by atoms with Gasteiger partial charge in [-0.15, -0.1) is 0 Å². The lowest BCUT2D eigenvalue weighted by atomic mass is 10.0. The maximum Gasteiger partial charge on any atom is 0.305 e. The quantitative estimate of drug-likeness (QED) is 0.0320. The van der Waals surface area contributed by atoms with E-state index in [9.17, 15) is 19.8 Å². The molecule has 6 heteroatoms. The Labute approximate surface area is 520 Å². The van der Waals surface area contributed by atoms with Gasteiger partial charge >= 0.3 is 5.97 Å². The van der Waals surface area contributed by atoms with Gasteiger partial charge < -0.3 is 20.3 Å². The molecule has 6 nitrogen and oxygen atoms in total. The molecular weight excluding hydrogens is 1020 g/mol. The van der Waals surface area contributed by atoms with E-state index in [4.69, 9.17) is 4.74 Å². The van der Waals surface area contributed by atoms with E-state index in [0.717, 1.165) is 38.5 Å². The maximum atomic E-state index is 12.5. The number of ether oxygens (including phenoxy) is 1. The molecule has 2 unspecified atom stereocenters. The van der Waals surface area contributed by atoms with E-state index in [1.807, 2.05) is 6.08 Å². The summed E-state index contributed by atoms with van der Waals surface area (Å²) in [5.74, 6) is -0.0480. The number of aliphatic hydroxyl groups excluding tert-OH is 2. The molecule has 0 aromatic heterocycles. The number of hydrogen-bond acceptors (Lipinski definition) is 5. The molecule has 0 heterocycles. The van der Waals surface area contributed by atoms with Crippen molar-refractivity contribution in [3.8, 4) is 0 Å². The lowest BCUT2D eigenvalue weighted by Crippen LogP contribution is -2.45. The Hall–Kier alpha value is -1.66. The van der Waals surface area contributed by atoms with Gasteiger partial charge in [0.1, 0.15) is 0 Å². The molecule has 0 saturated heterocycles. The number of unbranched alkanes of at least 4 members (excludes halogenated alkanes) is 59. The summed E-state index contributed by atoms with van der Waals surface area (Å²) in [5.41, 5.74) is 0. The topological polar surface area (TPSA) is 95.9 Å². The molecule has 0 spiro atoms. The minimum atomic E-state index is -0.848. The van der Waals surface area contributed by atoms with E-state index in [1.54, 1.807) is 6.08 Å². The van der Waals surface area contributed by atoms with Crippen LogP contribution in [0.5, 0.6) is 0 Å². The molecule has 0 saturated carbocycles. The van der Waals surface area contributed by atoms with Crippen LogP contribution >= 0.6 is 0 Å². The Morgan fingerprint density at radius 3 is 0.855 bits per heavy atom. The molecule has 0 bridgehead atoms. The highest BCUT2D eigenvalue weighted by Crippen LogP contribution is 2.19. The molecule has 0 fully saturated rings. The van der Waals surface area contributed by atoms with Crippen molar-refractivity contribution < 1.29 is 24.5 Å². The van der Waals surface area contributed by atoms with E-state index in [1.165, 1.54) is 366 Å².